The van der Waals surface area contributed by atoms with Crippen molar-refractivity contribution in [3.8, 4) is 0 Å². The zero-order valence-electron chi connectivity index (χ0n) is 20.1. The van der Waals surface area contributed by atoms with Gasteiger partial charge < -0.3 is 26.0 Å². The van der Waals surface area contributed by atoms with Crippen molar-refractivity contribution in [3.05, 3.63) is 43.2 Å². The number of nitrogen functional groups attached to an aromatic ring is 2. The molecule has 1 fully saturated rings. The Bertz CT molecular complexity index is 1090. The van der Waals surface area contributed by atoms with Crippen LogP contribution in [0.5, 0.6) is 0 Å². The van der Waals surface area contributed by atoms with E-state index in [1.807, 2.05) is 0 Å². The minimum Gasteiger partial charge on any atom is -0.396 e. The number of hydrogen-bond acceptors (Lipinski definition) is 9. The molecule has 0 aromatic carbocycles. The zero-order chi connectivity index (χ0) is 24.7. The lowest BCUT2D eigenvalue weighted by molar-refractivity contribution is -0.162. The van der Waals surface area contributed by atoms with Crippen molar-refractivity contribution < 1.29 is 14.6 Å². The number of ether oxygens (including phenoxy) is 2. The van der Waals surface area contributed by atoms with Gasteiger partial charge in [0.25, 0.3) is 11.1 Å². The van der Waals surface area contributed by atoms with E-state index in [9.17, 15) is 9.59 Å². The first kappa shape index (κ1) is 25.9. The molecule has 3 heterocycles. The molecule has 1 aliphatic rings. The predicted octanol–water partition coefficient (Wildman–Crippen LogP) is 1.07. The summed E-state index contributed by atoms with van der Waals surface area (Å²) in [5.41, 5.74) is 13.6. The molecule has 1 atom stereocenters. The molecule has 0 bridgehead atoms. The number of aliphatic hydroxyl groups is 1. The van der Waals surface area contributed by atoms with Crippen LogP contribution in [0.2, 0.25) is 0 Å². The van der Waals surface area contributed by atoms with E-state index in [2.05, 4.69) is 9.97 Å². The van der Waals surface area contributed by atoms with E-state index in [4.69, 9.17) is 26.0 Å². The largest absolute Gasteiger partial charge is 0.396 e. The monoisotopic (exact) mass is 476 g/mol. The summed E-state index contributed by atoms with van der Waals surface area (Å²) in [6, 6.07) is 0. The van der Waals surface area contributed by atoms with Crippen molar-refractivity contribution in [1.82, 2.24) is 19.3 Å². The standard InChI is InChI=1S/C23H36N6O5/c1-15-17(9-3-6-12-30)20(31)26-22(24)28(15)29-16(2)18(21(32)27-23(29)25)10-4-7-13-33-19-11-5-8-14-34-19/h19,30H,3-14H2,1-2H3,(H2,24,26,31)(H2,25,27,32). The highest BCUT2D eigenvalue weighted by molar-refractivity contribution is 5.34. The van der Waals surface area contributed by atoms with Crippen LogP contribution < -0.4 is 22.6 Å². The minimum absolute atomic E-state index is 0.0365. The highest BCUT2D eigenvalue weighted by atomic mass is 16.7. The molecular formula is C23H36N6O5. The molecule has 0 radical (unpaired) electrons. The maximum atomic E-state index is 12.6. The second kappa shape index (κ2) is 12.1. The third kappa shape index (κ3) is 6.02. The molecule has 3 rings (SSSR count). The summed E-state index contributed by atoms with van der Waals surface area (Å²) >= 11 is 0. The third-order valence-electron chi connectivity index (χ3n) is 6.19. The van der Waals surface area contributed by atoms with E-state index >= 15 is 0 Å². The van der Waals surface area contributed by atoms with Crippen molar-refractivity contribution in [2.24, 2.45) is 0 Å². The molecule has 5 N–H and O–H groups in total. The van der Waals surface area contributed by atoms with Crippen LogP contribution in [0.15, 0.2) is 9.59 Å². The highest BCUT2D eigenvalue weighted by Gasteiger charge is 2.19. The van der Waals surface area contributed by atoms with Gasteiger partial charge in [-0.1, -0.05) is 0 Å². The van der Waals surface area contributed by atoms with Crippen LogP contribution in [-0.2, 0) is 22.3 Å². The number of hydrogen-bond donors (Lipinski definition) is 3. The molecule has 34 heavy (non-hydrogen) atoms. The van der Waals surface area contributed by atoms with Gasteiger partial charge in [0.1, 0.15) is 0 Å². The van der Waals surface area contributed by atoms with Gasteiger partial charge in [-0.25, -0.2) is 9.35 Å². The number of nitrogens with two attached hydrogens (primary N) is 2. The summed E-state index contributed by atoms with van der Waals surface area (Å²) in [7, 11) is 0. The average Bonchev–Trinajstić information content (AvgIpc) is 2.80. The zero-order valence-corrected chi connectivity index (χ0v) is 20.1. The van der Waals surface area contributed by atoms with Crippen LogP contribution >= 0.6 is 0 Å². The van der Waals surface area contributed by atoms with E-state index in [0.717, 1.165) is 38.7 Å². The normalized spacial score (nSPS) is 16.1. The summed E-state index contributed by atoms with van der Waals surface area (Å²) in [5, 5.41) is 9.07. The Kier molecular flexibility index (Phi) is 9.20. The highest BCUT2D eigenvalue weighted by Crippen LogP contribution is 2.18. The fraction of sp³-hybridized carbons (Fsp3) is 0.652. The van der Waals surface area contributed by atoms with E-state index in [0.29, 0.717) is 54.8 Å². The van der Waals surface area contributed by atoms with Gasteiger partial charge in [-0.2, -0.15) is 9.97 Å². The topological polar surface area (TPSA) is 161 Å². The quantitative estimate of drug-likeness (QED) is 0.403. The van der Waals surface area contributed by atoms with Gasteiger partial charge in [-0.15, -0.1) is 0 Å². The van der Waals surface area contributed by atoms with Gasteiger partial charge in [0.15, 0.2) is 6.29 Å². The van der Waals surface area contributed by atoms with Crippen LogP contribution in [0.25, 0.3) is 0 Å². The number of anilines is 2. The Balaban J connectivity index is 1.81. The SMILES string of the molecule is Cc1c(CCCCO)c(=O)nc(N)n1-n1c(N)nc(=O)c(CCCCOC2CCCCO2)c1C. The number of aromatic nitrogens is 4. The molecule has 1 saturated heterocycles. The summed E-state index contributed by atoms with van der Waals surface area (Å²) in [4.78, 5) is 33.1. The minimum atomic E-state index is -0.406. The maximum absolute atomic E-state index is 12.6. The van der Waals surface area contributed by atoms with Crippen LogP contribution in [0.1, 0.15) is 67.5 Å². The Labute approximate surface area is 198 Å². The average molecular weight is 477 g/mol. The van der Waals surface area contributed by atoms with E-state index < -0.39 is 5.56 Å². The van der Waals surface area contributed by atoms with Crippen molar-refractivity contribution in [2.75, 3.05) is 31.3 Å². The van der Waals surface area contributed by atoms with Crippen molar-refractivity contribution in [2.45, 2.75) is 77.9 Å². The van der Waals surface area contributed by atoms with Crippen LogP contribution in [-0.4, -0.2) is 50.5 Å². The summed E-state index contributed by atoms with van der Waals surface area (Å²) in [6.07, 6.45) is 6.65. The second-order valence-corrected chi connectivity index (χ2v) is 8.61. The van der Waals surface area contributed by atoms with Crippen molar-refractivity contribution >= 4 is 11.9 Å². The first-order chi connectivity index (χ1) is 16.3. The first-order valence-corrected chi connectivity index (χ1v) is 12.0. The van der Waals surface area contributed by atoms with Crippen LogP contribution in [0.4, 0.5) is 11.9 Å². The number of unbranched alkanes of at least 4 members (excludes halogenated alkanes) is 2. The lowest BCUT2D eigenvalue weighted by Crippen LogP contribution is -2.33. The van der Waals surface area contributed by atoms with E-state index in [-0.39, 0.29) is 30.4 Å². The summed E-state index contributed by atoms with van der Waals surface area (Å²) < 4.78 is 14.4. The van der Waals surface area contributed by atoms with Gasteiger partial charge in [0.05, 0.1) is 11.4 Å². The maximum Gasteiger partial charge on any atom is 0.278 e. The fourth-order valence-corrected chi connectivity index (χ4v) is 4.30. The Morgan fingerprint density at radius 1 is 0.941 bits per heavy atom. The summed E-state index contributed by atoms with van der Waals surface area (Å²) in [6.45, 7) is 4.89. The smallest absolute Gasteiger partial charge is 0.278 e. The Hall–Kier alpha value is -2.76. The molecule has 11 heteroatoms. The number of aliphatic hydroxyl groups excluding tert-OH is 1. The van der Waals surface area contributed by atoms with Crippen LogP contribution in [0, 0.1) is 13.8 Å². The Morgan fingerprint density at radius 3 is 2.00 bits per heavy atom. The molecule has 1 unspecified atom stereocenters. The van der Waals surface area contributed by atoms with Crippen LogP contribution in [0.3, 0.4) is 0 Å². The second-order valence-electron chi connectivity index (χ2n) is 8.61. The van der Waals surface area contributed by atoms with Gasteiger partial charge in [-0.3, -0.25) is 9.59 Å². The molecule has 0 aliphatic carbocycles. The molecule has 2 aromatic heterocycles. The molecule has 11 nitrogen and oxygen atoms in total. The molecule has 0 amide bonds. The van der Waals surface area contributed by atoms with E-state index in [1.54, 1.807) is 13.8 Å². The fourth-order valence-electron chi connectivity index (χ4n) is 4.30. The summed E-state index contributed by atoms with van der Waals surface area (Å²) in [5.74, 6) is -0.0777. The predicted molar refractivity (Wildman–Crippen MR) is 129 cm³/mol. The van der Waals surface area contributed by atoms with E-state index in [1.165, 1.54) is 9.35 Å². The lowest BCUT2D eigenvalue weighted by Gasteiger charge is -2.23. The molecular weight excluding hydrogens is 440 g/mol. The lowest BCUT2D eigenvalue weighted by atomic mass is 10.1. The van der Waals surface area contributed by atoms with Gasteiger partial charge in [-0.05, 0) is 71.6 Å². The molecule has 1 aliphatic heterocycles. The molecule has 0 saturated carbocycles. The Morgan fingerprint density at radius 2 is 1.50 bits per heavy atom. The van der Waals surface area contributed by atoms with Gasteiger partial charge in [0.2, 0.25) is 11.9 Å². The molecule has 2 aromatic rings. The molecule has 0 spiro atoms. The third-order valence-corrected chi connectivity index (χ3v) is 6.19. The van der Waals surface area contributed by atoms with Crippen molar-refractivity contribution in [3.63, 3.8) is 0 Å². The molecule has 188 valence electrons. The number of nitrogens with zero attached hydrogens (tertiary/aromatic N) is 4. The van der Waals surface area contributed by atoms with Gasteiger partial charge >= 0.3 is 0 Å². The first-order valence-electron chi connectivity index (χ1n) is 12.0. The van der Waals surface area contributed by atoms with Crippen molar-refractivity contribution in [1.29, 1.82) is 0 Å². The number of rotatable bonds is 11. The van der Waals surface area contributed by atoms with Gasteiger partial charge in [0, 0.05) is 30.9 Å².